The van der Waals surface area contributed by atoms with Gasteiger partial charge in [-0.3, -0.25) is 16.0 Å². The normalized spacial score (nSPS) is 15.0. The fourth-order valence-electron chi connectivity index (χ4n) is 1.77. The third-order valence-electron chi connectivity index (χ3n) is 2.75. The predicted octanol–water partition coefficient (Wildman–Crippen LogP) is 0.00460. The Morgan fingerprint density at radius 3 is 2.81 bits per heavy atom. The lowest BCUT2D eigenvalue weighted by molar-refractivity contribution is 0.0600. The van der Waals surface area contributed by atoms with Crippen LogP contribution in [0.5, 0.6) is 0 Å². The maximum Gasteiger partial charge on any atom is 0.138 e. The summed E-state index contributed by atoms with van der Waals surface area (Å²) in [6, 6.07) is 0.0628. The smallest absolute Gasteiger partial charge is 0.138 e. The Balaban J connectivity index is 2.63. The number of rotatable bonds is 7. The molecule has 1 rings (SSSR count). The number of methoxy groups -OCH3 is 1. The number of nitrogens with zero attached hydrogens (tertiary/aromatic N) is 3. The molecule has 16 heavy (non-hydrogen) atoms. The summed E-state index contributed by atoms with van der Waals surface area (Å²) < 4.78 is 7.19. The molecule has 92 valence electrons. The molecule has 0 bridgehead atoms. The number of nitrogens with two attached hydrogens (primary N) is 1. The molecule has 1 aromatic heterocycles. The Morgan fingerprint density at radius 2 is 2.38 bits per heavy atom. The van der Waals surface area contributed by atoms with Crippen LogP contribution < -0.4 is 11.3 Å². The minimum Gasteiger partial charge on any atom is -0.380 e. The molecular formula is C10H21N5O. The van der Waals surface area contributed by atoms with Gasteiger partial charge in [-0.25, -0.2) is 4.98 Å². The molecule has 3 N–H and O–H groups in total. The number of hydrogen-bond acceptors (Lipinski definition) is 5. The van der Waals surface area contributed by atoms with Gasteiger partial charge in [0.1, 0.15) is 12.2 Å². The molecule has 0 radical (unpaired) electrons. The zero-order valence-electron chi connectivity index (χ0n) is 10.2. The summed E-state index contributed by atoms with van der Waals surface area (Å²) in [7, 11) is 3.58. The second kappa shape index (κ2) is 6.57. The lowest BCUT2D eigenvalue weighted by Crippen LogP contribution is -2.46. The van der Waals surface area contributed by atoms with Crippen LogP contribution in [0, 0.1) is 0 Å². The number of aryl methyl sites for hydroxylation is 1. The van der Waals surface area contributed by atoms with Crippen molar-refractivity contribution in [2.24, 2.45) is 12.9 Å². The Hall–Kier alpha value is -0.980. The minimum absolute atomic E-state index is 0.0628. The monoisotopic (exact) mass is 227 g/mol. The van der Waals surface area contributed by atoms with Gasteiger partial charge in [-0.05, 0) is 6.42 Å². The minimum atomic E-state index is 0.0628. The lowest BCUT2D eigenvalue weighted by Gasteiger charge is -2.24. The molecule has 0 fully saturated rings. The third-order valence-corrected chi connectivity index (χ3v) is 2.75. The first-order valence-corrected chi connectivity index (χ1v) is 5.54. The topological polar surface area (TPSA) is 78.0 Å². The largest absolute Gasteiger partial charge is 0.380 e. The summed E-state index contributed by atoms with van der Waals surface area (Å²) in [4.78, 5) is 4.18. The molecule has 2 unspecified atom stereocenters. The van der Waals surface area contributed by atoms with E-state index in [2.05, 4.69) is 22.4 Å². The van der Waals surface area contributed by atoms with Crippen LogP contribution in [-0.4, -0.2) is 34.0 Å². The number of hydrogen-bond donors (Lipinski definition) is 2. The van der Waals surface area contributed by atoms with Crippen LogP contribution in [0.3, 0.4) is 0 Å². The van der Waals surface area contributed by atoms with Crippen LogP contribution in [-0.2, 0) is 18.2 Å². The predicted molar refractivity (Wildman–Crippen MR) is 61.5 cm³/mol. The maximum atomic E-state index is 5.56. The van der Waals surface area contributed by atoms with Crippen molar-refractivity contribution < 1.29 is 4.74 Å². The summed E-state index contributed by atoms with van der Waals surface area (Å²) in [6.07, 6.45) is 4.40. The van der Waals surface area contributed by atoms with Crippen molar-refractivity contribution in [3.8, 4) is 0 Å². The van der Waals surface area contributed by atoms with Crippen LogP contribution in [0.2, 0.25) is 0 Å². The first-order valence-electron chi connectivity index (χ1n) is 5.54. The van der Waals surface area contributed by atoms with Gasteiger partial charge >= 0.3 is 0 Å². The van der Waals surface area contributed by atoms with Gasteiger partial charge in [0, 0.05) is 20.6 Å². The molecule has 6 heteroatoms. The molecular weight excluding hydrogens is 206 g/mol. The van der Waals surface area contributed by atoms with Crippen LogP contribution in [0.15, 0.2) is 6.33 Å². The van der Waals surface area contributed by atoms with Crippen molar-refractivity contribution in [3.05, 3.63) is 12.2 Å². The fraction of sp³-hybridized carbons (Fsp3) is 0.800. The molecule has 1 heterocycles. The van der Waals surface area contributed by atoms with E-state index in [4.69, 9.17) is 10.6 Å². The number of nitrogens with one attached hydrogen (secondary N) is 1. The van der Waals surface area contributed by atoms with Crippen molar-refractivity contribution >= 4 is 0 Å². The highest BCUT2D eigenvalue weighted by Gasteiger charge is 2.21. The van der Waals surface area contributed by atoms with E-state index < -0.39 is 0 Å². The zero-order chi connectivity index (χ0) is 12.0. The summed E-state index contributed by atoms with van der Waals surface area (Å²) in [6.45, 7) is 2.13. The molecule has 0 aliphatic heterocycles. The van der Waals surface area contributed by atoms with Crippen LogP contribution in [0.4, 0.5) is 0 Å². The second-order valence-corrected chi connectivity index (χ2v) is 3.84. The van der Waals surface area contributed by atoms with Crippen LogP contribution in [0.1, 0.15) is 25.6 Å². The molecule has 0 saturated carbocycles. The van der Waals surface area contributed by atoms with Gasteiger partial charge in [0.25, 0.3) is 0 Å². The number of hydrazine groups is 1. The van der Waals surface area contributed by atoms with Gasteiger partial charge in [-0.15, -0.1) is 0 Å². The van der Waals surface area contributed by atoms with Gasteiger partial charge in [-0.2, -0.15) is 5.10 Å². The van der Waals surface area contributed by atoms with Crippen molar-refractivity contribution in [2.45, 2.75) is 38.3 Å². The highest BCUT2D eigenvalue weighted by atomic mass is 16.5. The van der Waals surface area contributed by atoms with Gasteiger partial charge in [0.2, 0.25) is 0 Å². The summed E-state index contributed by atoms with van der Waals surface area (Å²) >= 11 is 0. The summed E-state index contributed by atoms with van der Waals surface area (Å²) in [5.74, 6) is 6.46. The van der Waals surface area contributed by atoms with E-state index >= 15 is 0 Å². The second-order valence-electron chi connectivity index (χ2n) is 3.84. The third kappa shape index (κ3) is 3.26. The average Bonchev–Trinajstić information content (AvgIpc) is 2.69. The molecule has 1 aromatic rings. The fourth-order valence-corrected chi connectivity index (χ4v) is 1.77. The van der Waals surface area contributed by atoms with E-state index in [-0.39, 0.29) is 12.1 Å². The van der Waals surface area contributed by atoms with E-state index in [1.165, 1.54) is 0 Å². The quantitative estimate of drug-likeness (QED) is 0.506. The average molecular weight is 227 g/mol. The van der Waals surface area contributed by atoms with E-state index in [1.54, 1.807) is 18.1 Å². The summed E-state index contributed by atoms with van der Waals surface area (Å²) in [5, 5.41) is 4.03. The molecule has 6 nitrogen and oxygen atoms in total. The van der Waals surface area contributed by atoms with E-state index in [0.717, 1.165) is 18.7 Å². The number of aromatic nitrogens is 3. The molecule has 0 aliphatic rings. The molecule has 2 atom stereocenters. The lowest BCUT2D eigenvalue weighted by atomic mass is 10.0. The first-order chi connectivity index (χ1) is 7.72. The molecule has 0 aliphatic carbocycles. The van der Waals surface area contributed by atoms with Gasteiger partial charge < -0.3 is 4.74 Å². The maximum absolute atomic E-state index is 5.56. The molecule has 0 spiro atoms. The van der Waals surface area contributed by atoms with E-state index in [9.17, 15) is 0 Å². The van der Waals surface area contributed by atoms with Crippen molar-refractivity contribution in [2.75, 3.05) is 7.11 Å². The van der Waals surface area contributed by atoms with Crippen molar-refractivity contribution in [1.82, 2.24) is 20.2 Å². The molecule has 0 amide bonds. The van der Waals surface area contributed by atoms with Gasteiger partial charge in [-0.1, -0.05) is 13.3 Å². The van der Waals surface area contributed by atoms with E-state index in [1.807, 2.05) is 7.05 Å². The van der Waals surface area contributed by atoms with Gasteiger partial charge in [0.15, 0.2) is 0 Å². The zero-order valence-corrected chi connectivity index (χ0v) is 10.2. The molecule has 0 saturated heterocycles. The van der Waals surface area contributed by atoms with Crippen LogP contribution >= 0.6 is 0 Å². The Bertz CT molecular complexity index is 301. The van der Waals surface area contributed by atoms with Crippen molar-refractivity contribution in [3.63, 3.8) is 0 Å². The SMILES string of the molecule is CCCC(OC)C(Cc1ncnn1C)NN. The highest BCUT2D eigenvalue weighted by Crippen LogP contribution is 2.10. The summed E-state index contributed by atoms with van der Waals surface area (Å²) in [5.41, 5.74) is 2.80. The van der Waals surface area contributed by atoms with E-state index in [0.29, 0.717) is 6.42 Å². The number of ether oxygens (including phenoxy) is 1. The highest BCUT2D eigenvalue weighted by molar-refractivity contribution is 4.91. The van der Waals surface area contributed by atoms with Crippen LogP contribution in [0.25, 0.3) is 0 Å². The molecule has 0 aromatic carbocycles. The van der Waals surface area contributed by atoms with Gasteiger partial charge in [0.05, 0.1) is 12.1 Å². The Morgan fingerprint density at radius 1 is 1.62 bits per heavy atom. The van der Waals surface area contributed by atoms with Crippen molar-refractivity contribution in [1.29, 1.82) is 0 Å². The Kier molecular flexibility index (Phi) is 5.37. The first kappa shape index (κ1) is 13.1. The Labute approximate surface area is 96.2 Å². The standard InChI is InChI=1S/C10H21N5O/c1-4-5-9(16-3)8(14-11)6-10-12-7-13-15(10)2/h7-9,14H,4-6,11H2,1-3H3.